The van der Waals surface area contributed by atoms with Gasteiger partial charge in [0, 0.05) is 6.04 Å². The predicted molar refractivity (Wildman–Crippen MR) is 60.7 cm³/mol. The smallest absolute Gasteiger partial charge is 0.407 e. The van der Waals surface area contributed by atoms with Gasteiger partial charge in [0.25, 0.3) is 0 Å². The molecule has 0 aromatic carbocycles. The predicted octanol–water partition coefficient (Wildman–Crippen LogP) is 2.87. The number of amides is 1. The number of alkyl carbamates (subject to hydrolysis) is 1. The van der Waals surface area contributed by atoms with Crippen LogP contribution in [0.25, 0.3) is 0 Å². The highest BCUT2D eigenvalue weighted by atomic mass is 16.6. The lowest BCUT2D eigenvalue weighted by Gasteiger charge is -2.21. The minimum absolute atomic E-state index is 0.253. The van der Waals surface area contributed by atoms with Gasteiger partial charge >= 0.3 is 6.09 Å². The Hall–Kier alpha value is -0.990. The van der Waals surface area contributed by atoms with E-state index >= 15 is 0 Å². The van der Waals surface area contributed by atoms with Gasteiger partial charge in [0.15, 0.2) is 0 Å². The third-order valence-corrected chi connectivity index (χ3v) is 2.53. The van der Waals surface area contributed by atoms with Crippen molar-refractivity contribution in [1.29, 1.82) is 0 Å². The zero-order valence-electron chi connectivity index (χ0n) is 9.88. The normalized spacial score (nSPS) is 26.1. The maximum Gasteiger partial charge on any atom is 0.407 e. The fourth-order valence-electron chi connectivity index (χ4n) is 1.84. The first-order valence-corrected chi connectivity index (χ1v) is 5.53. The van der Waals surface area contributed by atoms with Crippen LogP contribution in [-0.2, 0) is 4.74 Å². The summed E-state index contributed by atoms with van der Waals surface area (Å²) >= 11 is 0. The van der Waals surface area contributed by atoms with Gasteiger partial charge in [0.1, 0.15) is 5.60 Å². The largest absolute Gasteiger partial charge is 0.444 e. The number of carbonyl (C=O) groups excluding carboxylic acids is 1. The zero-order valence-corrected chi connectivity index (χ0v) is 9.88. The van der Waals surface area contributed by atoms with Gasteiger partial charge in [-0.1, -0.05) is 6.08 Å². The summed E-state index contributed by atoms with van der Waals surface area (Å²) in [4.78, 5) is 11.5. The van der Waals surface area contributed by atoms with Crippen molar-refractivity contribution in [3.05, 3.63) is 12.7 Å². The number of hydrogen-bond acceptors (Lipinski definition) is 2. The van der Waals surface area contributed by atoms with Crippen molar-refractivity contribution in [3.8, 4) is 0 Å². The molecule has 0 aliphatic heterocycles. The molecule has 2 atom stereocenters. The van der Waals surface area contributed by atoms with Crippen molar-refractivity contribution in [2.45, 2.75) is 51.7 Å². The van der Waals surface area contributed by atoms with Crippen molar-refractivity contribution in [2.75, 3.05) is 0 Å². The van der Waals surface area contributed by atoms with Crippen molar-refractivity contribution in [1.82, 2.24) is 5.32 Å². The van der Waals surface area contributed by atoms with Crippen LogP contribution in [-0.4, -0.2) is 17.7 Å². The summed E-state index contributed by atoms with van der Waals surface area (Å²) < 4.78 is 5.19. The standard InChI is InChI=1S/C12H21NO2/c1-5-9-6-7-10(8-9)13-11(14)15-12(2,3)4/h5,9-10H,1,6-8H2,2-4H3,(H,13,14)/t9-,10-/m0/s1. The first kappa shape index (κ1) is 12.1. The Balaban J connectivity index is 2.31. The Morgan fingerprint density at radius 2 is 2.13 bits per heavy atom. The van der Waals surface area contributed by atoms with Crippen LogP contribution in [0.15, 0.2) is 12.7 Å². The van der Waals surface area contributed by atoms with Crippen LogP contribution in [0.1, 0.15) is 40.0 Å². The van der Waals surface area contributed by atoms with Crippen molar-refractivity contribution in [2.24, 2.45) is 5.92 Å². The lowest BCUT2D eigenvalue weighted by Crippen LogP contribution is -2.37. The second-order valence-electron chi connectivity index (χ2n) is 5.15. The van der Waals surface area contributed by atoms with Crippen LogP contribution in [0.3, 0.4) is 0 Å². The molecule has 0 unspecified atom stereocenters. The van der Waals surface area contributed by atoms with Gasteiger partial charge in [-0.05, 0) is 46.0 Å². The highest BCUT2D eigenvalue weighted by molar-refractivity contribution is 5.68. The minimum atomic E-state index is -0.416. The zero-order chi connectivity index (χ0) is 11.5. The van der Waals surface area contributed by atoms with Gasteiger partial charge in [0.2, 0.25) is 0 Å². The molecule has 1 fully saturated rings. The molecule has 0 bridgehead atoms. The fraction of sp³-hybridized carbons (Fsp3) is 0.750. The lowest BCUT2D eigenvalue weighted by atomic mass is 10.1. The summed E-state index contributed by atoms with van der Waals surface area (Å²) in [6.45, 7) is 9.38. The average molecular weight is 211 g/mol. The first-order valence-electron chi connectivity index (χ1n) is 5.53. The van der Waals surface area contributed by atoms with Crippen molar-refractivity contribution < 1.29 is 9.53 Å². The molecule has 1 aliphatic carbocycles. The minimum Gasteiger partial charge on any atom is -0.444 e. The number of rotatable bonds is 2. The van der Waals surface area contributed by atoms with E-state index in [1.165, 1.54) is 0 Å². The summed E-state index contributed by atoms with van der Waals surface area (Å²) in [6, 6.07) is 0.253. The fourth-order valence-corrected chi connectivity index (χ4v) is 1.84. The molecular weight excluding hydrogens is 190 g/mol. The monoisotopic (exact) mass is 211 g/mol. The molecule has 1 aliphatic rings. The van der Waals surface area contributed by atoms with E-state index < -0.39 is 5.60 Å². The Bertz CT molecular complexity index is 242. The van der Waals surface area contributed by atoms with Crippen LogP contribution in [0.4, 0.5) is 4.79 Å². The molecule has 15 heavy (non-hydrogen) atoms. The van der Waals surface area contributed by atoms with E-state index in [2.05, 4.69) is 11.9 Å². The molecule has 0 heterocycles. The lowest BCUT2D eigenvalue weighted by molar-refractivity contribution is 0.0505. The molecule has 0 aromatic heterocycles. The van der Waals surface area contributed by atoms with E-state index in [4.69, 9.17) is 4.74 Å². The number of nitrogens with one attached hydrogen (secondary N) is 1. The molecular formula is C12H21NO2. The molecule has 3 heteroatoms. The second kappa shape index (κ2) is 4.69. The van der Waals surface area contributed by atoms with Crippen molar-refractivity contribution >= 4 is 6.09 Å². The van der Waals surface area contributed by atoms with Gasteiger partial charge in [0.05, 0.1) is 0 Å². The maximum atomic E-state index is 11.5. The number of carbonyl (C=O) groups is 1. The maximum absolute atomic E-state index is 11.5. The van der Waals surface area contributed by atoms with E-state index in [-0.39, 0.29) is 12.1 Å². The number of hydrogen-bond donors (Lipinski definition) is 1. The molecule has 0 radical (unpaired) electrons. The van der Waals surface area contributed by atoms with Gasteiger partial charge in [-0.15, -0.1) is 6.58 Å². The van der Waals surface area contributed by atoms with Gasteiger partial charge in [-0.2, -0.15) is 0 Å². The van der Waals surface area contributed by atoms with Crippen LogP contribution in [0.2, 0.25) is 0 Å². The van der Waals surface area contributed by atoms with Crippen LogP contribution in [0, 0.1) is 5.92 Å². The first-order chi connectivity index (χ1) is 6.90. The molecule has 0 aromatic rings. The Morgan fingerprint density at radius 1 is 1.47 bits per heavy atom. The van der Waals surface area contributed by atoms with Crippen LogP contribution >= 0.6 is 0 Å². The highest BCUT2D eigenvalue weighted by Crippen LogP contribution is 2.26. The molecule has 0 spiro atoms. The van der Waals surface area contributed by atoms with E-state index in [1.807, 2.05) is 26.8 Å². The Kier molecular flexibility index (Phi) is 3.77. The van der Waals surface area contributed by atoms with Crippen LogP contribution < -0.4 is 5.32 Å². The van der Waals surface area contributed by atoms with E-state index in [0.29, 0.717) is 5.92 Å². The van der Waals surface area contributed by atoms with Gasteiger partial charge < -0.3 is 10.1 Å². The van der Waals surface area contributed by atoms with E-state index in [1.54, 1.807) is 0 Å². The second-order valence-corrected chi connectivity index (χ2v) is 5.15. The summed E-state index contributed by atoms with van der Waals surface area (Å²) in [6.07, 6.45) is 4.79. The van der Waals surface area contributed by atoms with Gasteiger partial charge in [-0.3, -0.25) is 0 Å². The molecule has 3 nitrogen and oxygen atoms in total. The molecule has 1 amide bonds. The molecule has 0 saturated heterocycles. The third kappa shape index (κ3) is 4.36. The average Bonchev–Trinajstić information content (AvgIpc) is 2.48. The molecule has 1 N–H and O–H groups in total. The number of ether oxygens (including phenoxy) is 1. The third-order valence-electron chi connectivity index (χ3n) is 2.53. The molecule has 1 saturated carbocycles. The van der Waals surface area contributed by atoms with Crippen LogP contribution in [0.5, 0.6) is 0 Å². The summed E-state index contributed by atoms with van der Waals surface area (Å²) in [5, 5.41) is 2.89. The van der Waals surface area contributed by atoms with Crippen molar-refractivity contribution in [3.63, 3.8) is 0 Å². The molecule has 86 valence electrons. The summed E-state index contributed by atoms with van der Waals surface area (Å²) in [5.41, 5.74) is -0.416. The van der Waals surface area contributed by atoms with E-state index in [0.717, 1.165) is 19.3 Å². The quantitative estimate of drug-likeness (QED) is 0.713. The topological polar surface area (TPSA) is 38.3 Å². The number of allylic oxidation sites excluding steroid dienone is 1. The SMILES string of the molecule is C=C[C@H]1CC[C@H](NC(=O)OC(C)(C)C)C1. The summed E-state index contributed by atoms with van der Waals surface area (Å²) in [7, 11) is 0. The summed E-state index contributed by atoms with van der Waals surface area (Å²) in [5.74, 6) is 0.546. The Labute approximate surface area is 91.9 Å². The van der Waals surface area contributed by atoms with E-state index in [9.17, 15) is 4.79 Å². The molecule has 1 rings (SSSR count). The Morgan fingerprint density at radius 3 is 2.60 bits per heavy atom. The van der Waals surface area contributed by atoms with Gasteiger partial charge in [-0.25, -0.2) is 4.79 Å². The highest BCUT2D eigenvalue weighted by Gasteiger charge is 2.25.